The zero-order valence-electron chi connectivity index (χ0n) is 14.8. The van der Waals surface area contributed by atoms with Crippen molar-refractivity contribution in [1.29, 1.82) is 0 Å². The molecule has 0 unspecified atom stereocenters. The summed E-state index contributed by atoms with van der Waals surface area (Å²) >= 11 is 0. The van der Waals surface area contributed by atoms with Gasteiger partial charge in [0.1, 0.15) is 5.41 Å². The summed E-state index contributed by atoms with van der Waals surface area (Å²) in [5.41, 5.74) is -2.56. The second kappa shape index (κ2) is 5.25. The van der Waals surface area contributed by atoms with Gasteiger partial charge in [-0.25, -0.2) is 4.79 Å². The number of ether oxygens (including phenoxy) is 1. The Balaban J connectivity index is 2.02. The summed E-state index contributed by atoms with van der Waals surface area (Å²) in [7, 11) is 1.25. The minimum atomic E-state index is -1.40. The van der Waals surface area contributed by atoms with E-state index in [9.17, 15) is 19.2 Å². The molecule has 0 saturated heterocycles. The first kappa shape index (κ1) is 17.3. The minimum Gasteiger partial charge on any atom is -0.465 e. The van der Waals surface area contributed by atoms with Crippen LogP contribution in [0.15, 0.2) is 24.3 Å². The predicted molar refractivity (Wildman–Crippen MR) is 90.0 cm³/mol. The Morgan fingerprint density at radius 2 is 1.68 bits per heavy atom. The van der Waals surface area contributed by atoms with E-state index in [2.05, 4.69) is 5.32 Å². The smallest absolute Gasteiger partial charge is 0.339 e. The lowest BCUT2D eigenvalue weighted by Gasteiger charge is -2.37. The highest BCUT2D eigenvalue weighted by atomic mass is 16.5. The van der Waals surface area contributed by atoms with Gasteiger partial charge in [-0.1, -0.05) is 32.9 Å². The van der Waals surface area contributed by atoms with Crippen LogP contribution in [0.2, 0.25) is 0 Å². The molecule has 6 heteroatoms. The van der Waals surface area contributed by atoms with Crippen LogP contribution in [0.1, 0.15) is 44.0 Å². The molecule has 2 aliphatic rings. The third-order valence-electron chi connectivity index (χ3n) is 6.51. The molecule has 0 spiro atoms. The molecule has 2 saturated carbocycles. The van der Waals surface area contributed by atoms with Gasteiger partial charge in [-0.05, 0) is 30.4 Å². The minimum absolute atomic E-state index is 0.199. The Kier molecular flexibility index (Phi) is 3.64. The van der Waals surface area contributed by atoms with Crippen LogP contribution in [0.4, 0.5) is 5.69 Å². The number of ketones is 2. The number of nitrogens with one attached hydrogen (secondary N) is 1. The van der Waals surface area contributed by atoms with Crippen LogP contribution < -0.4 is 5.32 Å². The van der Waals surface area contributed by atoms with Crippen molar-refractivity contribution in [3.63, 3.8) is 0 Å². The lowest BCUT2D eigenvalue weighted by Crippen LogP contribution is -2.48. The van der Waals surface area contributed by atoms with Crippen molar-refractivity contribution in [2.24, 2.45) is 16.2 Å². The van der Waals surface area contributed by atoms with Gasteiger partial charge in [-0.15, -0.1) is 0 Å². The van der Waals surface area contributed by atoms with E-state index in [0.29, 0.717) is 12.8 Å². The zero-order valence-corrected chi connectivity index (χ0v) is 14.8. The van der Waals surface area contributed by atoms with Crippen LogP contribution in [0, 0.1) is 16.2 Å². The van der Waals surface area contributed by atoms with E-state index >= 15 is 0 Å². The van der Waals surface area contributed by atoms with Gasteiger partial charge < -0.3 is 10.1 Å². The number of rotatable bonds is 3. The van der Waals surface area contributed by atoms with Gasteiger partial charge >= 0.3 is 5.97 Å². The number of para-hydroxylation sites is 1. The van der Waals surface area contributed by atoms with Crippen LogP contribution in [0.25, 0.3) is 0 Å². The molecule has 6 nitrogen and oxygen atoms in total. The predicted octanol–water partition coefficient (Wildman–Crippen LogP) is 2.38. The molecule has 1 aromatic rings. The van der Waals surface area contributed by atoms with E-state index in [1.54, 1.807) is 39.0 Å². The Morgan fingerprint density at radius 3 is 2.24 bits per heavy atom. The quantitative estimate of drug-likeness (QED) is 0.517. The van der Waals surface area contributed by atoms with Gasteiger partial charge in [0, 0.05) is 5.41 Å². The van der Waals surface area contributed by atoms with Crippen LogP contribution in [0.3, 0.4) is 0 Å². The molecule has 3 rings (SSSR count). The van der Waals surface area contributed by atoms with E-state index in [1.807, 2.05) is 0 Å². The number of methoxy groups -OCH3 is 1. The first-order valence-corrected chi connectivity index (χ1v) is 8.21. The average Bonchev–Trinajstić information content (AvgIpc) is 2.86. The fourth-order valence-electron chi connectivity index (χ4n) is 4.38. The summed E-state index contributed by atoms with van der Waals surface area (Å²) in [6.45, 7) is 5.36. The molecule has 132 valence electrons. The molecule has 2 atom stereocenters. The first-order valence-electron chi connectivity index (χ1n) is 8.21. The molecule has 2 bridgehead atoms. The molecule has 0 aromatic heterocycles. The summed E-state index contributed by atoms with van der Waals surface area (Å²) < 4.78 is 4.73. The van der Waals surface area contributed by atoms with Crippen molar-refractivity contribution in [1.82, 2.24) is 0 Å². The largest absolute Gasteiger partial charge is 0.465 e. The summed E-state index contributed by atoms with van der Waals surface area (Å²) in [6, 6.07) is 6.43. The number of anilines is 1. The molecule has 1 N–H and O–H groups in total. The molecule has 1 amide bonds. The average molecular weight is 343 g/mol. The molecular formula is C19H21NO5. The van der Waals surface area contributed by atoms with Crippen LogP contribution in [-0.4, -0.2) is 30.6 Å². The molecule has 2 fully saturated rings. The maximum Gasteiger partial charge on any atom is 0.339 e. The van der Waals surface area contributed by atoms with Gasteiger partial charge in [-0.3, -0.25) is 14.4 Å². The van der Waals surface area contributed by atoms with Gasteiger partial charge in [0.2, 0.25) is 17.5 Å². The Hall–Kier alpha value is -2.50. The monoisotopic (exact) mass is 343 g/mol. The maximum absolute atomic E-state index is 13.1. The maximum atomic E-state index is 13.1. The standard InChI is InChI=1S/C19H21NO5/c1-17(2)18(3)9-10-19(17,14(22)13(18)21)16(24)20-12-8-6-5-7-11(12)15(23)25-4/h5-8H,9-10H2,1-4H3,(H,20,24)/t18-,19+/m0/s1. The van der Waals surface area contributed by atoms with E-state index in [1.165, 1.54) is 13.2 Å². The summed E-state index contributed by atoms with van der Waals surface area (Å²) in [5, 5.41) is 2.70. The molecule has 2 aliphatic carbocycles. The first-order chi connectivity index (χ1) is 11.6. The number of hydrogen-bond donors (Lipinski definition) is 1. The molecule has 0 heterocycles. The molecule has 25 heavy (non-hydrogen) atoms. The van der Waals surface area contributed by atoms with Crippen LogP contribution in [-0.2, 0) is 19.1 Å². The molecular weight excluding hydrogens is 322 g/mol. The molecule has 0 radical (unpaired) electrons. The third-order valence-corrected chi connectivity index (χ3v) is 6.51. The summed E-state index contributed by atoms with van der Waals surface area (Å²) in [5.74, 6) is -2.22. The normalized spacial score (nSPS) is 29.6. The van der Waals surface area contributed by atoms with Gasteiger partial charge in [0.25, 0.3) is 0 Å². The van der Waals surface area contributed by atoms with Crippen molar-refractivity contribution in [2.75, 3.05) is 12.4 Å². The molecule has 0 aliphatic heterocycles. The molecule has 1 aromatic carbocycles. The van der Waals surface area contributed by atoms with E-state index in [-0.39, 0.29) is 11.3 Å². The zero-order chi connectivity index (χ0) is 18.6. The van der Waals surface area contributed by atoms with E-state index in [0.717, 1.165) is 0 Å². The second-order valence-electron chi connectivity index (χ2n) is 7.51. The summed E-state index contributed by atoms with van der Waals surface area (Å²) in [4.78, 5) is 50.2. The highest BCUT2D eigenvalue weighted by Crippen LogP contribution is 2.69. The summed E-state index contributed by atoms with van der Waals surface area (Å²) in [6.07, 6.45) is 0.823. The van der Waals surface area contributed by atoms with E-state index < -0.39 is 39.7 Å². The van der Waals surface area contributed by atoms with Gasteiger partial charge in [0.05, 0.1) is 18.4 Å². The highest BCUT2D eigenvalue weighted by molar-refractivity contribution is 6.49. The number of fused-ring (bicyclic) bond motifs is 2. The Morgan fingerprint density at radius 1 is 1.04 bits per heavy atom. The SMILES string of the molecule is COC(=O)c1ccccc1NC(=O)[C@@]12CC[C@@](C)(C(=O)C1=O)C2(C)C. The van der Waals surface area contributed by atoms with Crippen molar-refractivity contribution < 1.29 is 23.9 Å². The number of carbonyl (C=O) groups excluding carboxylic acids is 4. The number of hydrogen-bond acceptors (Lipinski definition) is 5. The van der Waals surface area contributed by atoms with Crippen molar-refractivity contribution in [3.8, 4) is 0 Å². The Labute approximate surface area is 145 Å². The van der Waals surface area contributed by atoms with Crippen molar-refractivity contribution in [3.05, 3.63) is 29.8 Å². The fourth-order valence-corrected chi connectivity index (χ4v) is 4.38. The van der Waals surface area contributed by atoms with Crippen LogP contribution >= 0.6 is 0 Å². The topological polar surface area (TPSA) is 89.5 Å². The second-order valence-corrected chi connectivity index (χ2v) is 7.51. The van der Waals surface area contributed by atoms with E-state index in [4.69, 9.17) is 4.74 Å². The van der Waals surface area contributed by atoms with Gasteiger partial charge in [-0.2, -0.15) is 0 Å². The van der Waals surface area contributed by atoms with Crippen molar-refractivity contribution in [2.45, 2.75) is 33.6 Å². The lowest BCUT2D eigenvalue weighted by molar-refractivity contribution is -0.147. The fraction of sp³-hybridized carbons (Fsp3) is 0.474. The highest BCUT2D eigenvalue weighted by Gasteiger charge is 2.77. The third kappa shape index (κ3) is 1.91. The number of amides is 1. The number of esters is 1. The number of Topliss-reactive ketones (excluding diaryl/α,β-unsaturated/α-hetero) is 2. The number of carbonyl (C=O) groups is 4. The van der Waals surface area contributed by atoms with Crippen LogP contribution in [0.5, 0.6) is 0 Å². The lowest BCUT2D eigenvalue weighted by atomic mass is 9.64. The van der Waals surface area contributed by atoms with Crippen molar-refractivity contribution >= 4 is 29.1 Å². The van der Waals surface area contributed by atoms with Gasteiger partial charge in [0.15, 0.2) is 0 Å². The number of benzene rings is 1. The Bertz CT molecular complexity index is 812.